The maximum absolute atomic E-state index is 5.99. The van der Waals surface area contributed by atoms with E-state index in [0.717, 1.165) is 11.8 Å². The van der Waals surface area contributed by atoms with Gasteiger partial charge in [-0.25, -0.2) is 0 Å². The number of rotatable bonds is 4. The van der Waals surface area contributed by atoms with E-state index < -0.39 is 5.41 Å². The molecule has 2 atom stereocenters. The summed E-state index contributed by atoms with van der Waals surface area (Å²) in [5.74, 6) is 2.08. The molecule has 1 saturated carbocycles. The molecule has 2 aliphatic heterocycles. The van der Waals surface area contributed by atoms with Crippen LogP contribution in [0.25, 0.3) is 0 Å². The predicted octanol–water partition coefficient (Wildman–Crippen LogP) is 3.41. The highest BCUT2D eigenvalue weighted by molar-refractivity contribution is 6.12. The SMILES string of the molecule is c1ccc([C@H]2[C@H](c3ccccc3)C2(C2=NCCO2)C2=NCCO2)cc1. The molecule has 0 bridgehead atoms. The highest BCUT2D eigenvalue weighted by Gasteiger charge is 2.74. The molecule has 0 N–H and O–H groups in total. The van der Waals surface area contributed by atoms with Crippen LogP contribution in [0.3, 0.4) is 0 Å². The fraction of sp³-hybridized carbons (Fsp3) is 0.333. The fourth-order valence-corrected chi connectivity index (χ4v) is 4.41. The van der Waals surface area contributed by atoms with Crippen LogP contribution in [0.5, 0.6) is 0 Å². The maximum Gasteiger partial charge on any atom is 0.200 e. The first-order valence-corrected chi connectivity index (χ1v) is 8.87. The van der Waals surface area contributed by atoms with Crippen molar-refractivity contribution in [2.75, 3.05) is 26.3 Å². The number of aliphatic imine (C=N–C) groups is 2. The van der Waals surface area contributed by atoms with Gasteiger partial charge in [-0.2, -0.15) is 0 Å². The third-order valence-corrected chi connectivity index (χ3v) is 5.40. The Kier molecular flexibility index (Phi) is 3.37. The number of nitrogens with zero attached hydrogens (tertiary/aromatic N) is 2. The lowest BCUT2D eigenvalue weighted by Gasteiger charge is -2.18. The van der Waals surface area contributed by atoms with Crippen molar-refractivity contribution in [1.29, 1.82) is 0 Å². The van der Waals surface area contributed by atoms with Gasteiger partial charge >= 0.3 is 0 Å². The van der Waals surface area contributed by atoms with Crippen LogP contribution in [0.15, 0.2) is 70.6 Å². The third-order valence-electron chi connectivity index (χ3n) is 5.40. The molecular weight excluding hydrogens is 312 g/mol. The van der Waals surface area contributed by atoms with Gasteiger partial charge in [-0.15, -0.1) is 0 Å². The van der Waals surface area contributed by atoms with E-state index in [1.165, 1.54) is 11.1 Å². The summed E-state index contributed by atoms with van der Waals surface area (Å²) in [7, 11) is 0. The smallest absolute Gasteiger partial charge is 0.200 e. The van der Waals surface area contributed by atoms with Gasteiger partial charge in [-0.05, 0) is 11.1 Å². The Morgan fingerprint density at radius 2 is 1.12 bits per heavy atom. The van der Waals surface area contributed by atoms with Gasteiger partial charge in [0.2, 0.25) is 11.8 Å². The topological polar surface area (TPSA) is 43.2 Å². The van der Waals surface area contributed by atoms with E-state index in [1.54, 1.807) is 0 Å². The van der Waals surface area contributed by atoms with Gasteiger partial charge < -0.3 is 9.47 Å². The largest absolute Gasteiger partial charge is 0.478 e. The van der Waals surface area contributed by atoms with E-state index in [-0.39, 0.29) is 11.8 Å². The van der Waals surface area contributed by atoms with E-state index >= 15 is 0 Å². The molecule has 0 radical (unpaired) electrons. The highest BCUT2D eigenvalue weighted by atomic mass is 16.5. The summed E-state index contributed by atoms with van der Waals surface area (Å²) < 4.78 is 12.0. The number of ether oxygens (including phenoxy) is 2. The molecule has 3 aliphatic rings. The molecule has 4 heteroatoms. The van der Waals surface area contributed by atoms with Crippen molar-refractivity contribution < 1.29 is 9.47 Å². The molecule has 0 amide bonds. The van der Waals surface area contributed by atoms with Crippen molar-refractivity contribution in [3.63, 3.8) is 0 Å². The first kappa shape index (κ1) is 14.7. The Bertz CT molecular complexity index is 758. The summed E-state index contributed by atoms with van der Waals surface area (Å²) in [5.41, 5.74) is 2.18. The van der Waals surface area contributed by atoms with Crippen LogP contribution >= 0.6 is 0 Å². The van der Waals surface area contributed by atoms with E-state index in [1.807, 2.05) is 0 Å². The Morgan fingerprint density at radius 3 is 1.48 bits per heavy atom. The third kappa shape index (κ3) is 2.13. The molecule has 25 heavy (non-hydrogen) atoms. The average Bonchev–Trinajstić information content (AvgIpc) is 3.12. The lowest BCUT2D eigenvalue weighted by Crippen LogP contribution is -2.30. The molecule has 5 rings (SSSR count). The first-order chi connectivity index (χ1) is 12.4. The van der Waals surface area contributed by atoms with Crippen molar-refractivity contribution in [2.24, 2.45) is 15.4 Å². The van der Waals surface area contributed by atoms with Gasteiger partial charge in [-0.1, -0.05) is 60.7 Å². The summed E-state index contributed by atoms with van der Waals surface area (Å²) in [5, 5.41) is 0. The highest BCUT2D eigenvalue weighted by Crippen LogP contribution is 2.72. The monoisotopic (exact) mass is 332 g/mol. The van der Waals surface area contributed by atoms with E-state index in [2.05, 4.69) is 60.7 Å². The zero-order valence-electron chi connectivity index (χ0n) is 14.0. The van der Waals surface area contributed by atoms with Crippen molar-refractivity contribution in [1.82, 2.24) is 0 Å². The van der Waals surface area contributed by atoms with Crippen molar-refractivity contribution in [3.8, 4) is 0 Å². The number of hydrogen-bond acceptors (Lipinski definition) is 4. The van der Waals surface area contributed by atoms with Crippen molar-refractivity contribution in [3.05, 3.63) is 71.8 Å². The summed E-state index contributed by atoms with van der Waals surface area (Å²) in [6.07, 6.45) is 0. The summed E-state index contributed by atoms with van der Waals surface area (Å²) in [6, 6.07) is 21.2. The molecule has 1 fully saturated rings. The van der Waals surface area contributed by atoms with Crippen molar-refractivity contribution >= 4 is 11.8 Å². The van der Waals surface area contributed by atoms with Crippen LogP contribution in [0.2, 0.25) is 0 Å². The minimum Gasteiger partial charge on any atom is -0.478 e. The fourth-order valence-electron chi connectivity index (χ4n) is 4.41. The number of benzene rings is 2. The van der Waals surface area contributed by atoms with Gasteiger partial charge in [0.15, 0.2) is 0 Å². The quantitative estimate of drug-likeness (QED) is 0.861. The standard InChI is InChI=1S/C21H20N2O2/c1-3-7-15(8-4-1)17-18(16-9-5-2-6-10-16)21(17,19-22-11-13-24-19)20-23-12-14-25-20/h1-10,17-18H,11-14H2/t17-,18-/m0/s1. The molecule has 0 saturated heterocycles. The zero-order valence-corrected chi connectivity index (χ0v) is 14.0. The van der Waals surface area contributed by atoms with E-state index in [4.69, 9.17) is 19.5 Å². The Balaban J connectivity index is 1.68. The molecule has 1 aliphatic carbocycles. The Hall–Kier alpha value is -2.62. The predicted molar refractivity (Wildman–Crippen MR) is 97.3 cm³/mol. The van der Waals surface area contributed by atoms with Crippen LogP contribution in [-0.4, -0.2) is 38.1 Å². The van der Waals surface area contributed by atoms with Gasteiger partial charge in [-0.3, -0.25) is 9.98 Å². The lowest BCUT2D eigenvalue weighted by atomic mass is 9.96. The molecule has 0 aromatic heterocycles. The molecule has 2 aromatic carbocycles. The molecule has 126 valence electrons. The lowest BCUT2D eigenvalue weighted by molar-refractivity contribution is 0.298. The van der Waals surface area contributed by atoms with Crippen LogP contribution < -0.4 is 0 Å². The molecule has 0 spiro atoms. The second kappa shape index (κ2) is 5.73. The summed E-state index contributed by atoms with van der Waals surface area (Å²) >= 11 is 0. The summed E-state index contributed by atoms with van der Waals surface area (Å²) in [4.78, 5) is 9.40. The summed E-state index contributed by atoms with van der Waals surface area (Å²) in [6.45, 7) is 2.72. The molecular formula is C21H20N2O2. The van der Waals surface area contributed by atoms with Crippen LogP contribution in [0, 0.1) is 5.41 Å². The molecule has 0 unspecified atom stereocenters. The van der Waals surface area contributed by atoms with Gasteiger partial charge in [0.05, 0.1) is 13.1 Å². The van der Waals surface area contributed by atoms with E-state index in [0.29, 0.717) is 26.3 Å². The minimum atomic E-state index is -0.393. The normalized spacial score (nSPS) is 26.4. The van der Waals surface area contributed by atoms with Crippen LogP contribution in [-0.2, 0) is 9.47 Å². The number of hydrogen-bond donors (Lipinski definition) is 0. The van der Waals surface area contributed by atoms with Gasteiger partial charge in [0.25, 0.3) is 0 Å². The zero-order chi connectivity index (χ0) is 16.7. The second-order valence-electron chi connectivity index (χ2n) is 6.72. The first-order valence-electron chi connectivity index (χ1n) is 8.87. The van der Waals surface area contributed by atoms with Gasteiger partial charge in [0.1, 0.15) is 18.6 Å². The molecule has 4 nitrogen and oxygen atoms in total. The van der Waals surface area contributed by atoms with Crippen LogP contribution in [0.1, 0.15) is 23.0 Å². The Labute approximate surface area is 147 Å². The molecule has 2 heterocycles. The minimum absolute atomic E-state index is 0.241. The van der Waals surface area contributed by atoms with E-state index in [9.17, 15) is 0 Å². The average molecular weight is 332 g/mol. The van der Waals surface area contributed by atoms with Gasteiger partial charge in [0, 0.05) is 11.8 Å². The maximum atomic E-state index is 5.99. The second-order valence-corrected chi connectivity index (χ2v) is 6.72. The Morgan fingerprint density at radius 1 is 0.680 bits per heavy atom. The van der Waals surface area contributed by atoms with Crippen LogP contribution in [0.4, 0.5) is 0 Å². The van der Waals surface area contributed by atoms with Crippen molar-refractivity contribution in [2.45, 2.75) is 11.8 Å². The molecule has 2 aromatic rings.